The fourth-order valence-electron chi connectivity index (χ4n) is 2.62. The van der Waals surface area contributed by atoms with Crippen LogP contribution in [0.25, 0.3) is 6.08 Å². The Bertz CT molecular complexity index is 949. The third-order valence-corrected chi connectivity index (χ3v) is 5.83. The number of hydrogen-bond donors (Lipinski definition) is 0. The molecule has 0 spiro atoms. The number of hydrogen-bond acceptors (Lipinski definition) is 4. The van der Waals surface area contributed by atoms with Crippen molar-refractivity contribution >= 4 is 57.9 Å². The molecular weight excluding hydrogens is 415 g/mol. The van der Waals surface area contributed by atoms with Crippen LogP contribution < -0.4 is 4.90 Å². The van der Waals surface area contributed by atoms with E-state index < -0.39 is 0 Å². The van der Waals surface area contributed by atoms with Crippen LogP contribution in [0.4, 0.5) is 10.5 Å². The number of nitrogens with zero attached hydrogens (tertiary/aromatic N) is 2. The Labute approximate surface area is 178 Å². The minimum atomic E-state index is -0.349. The van der Waals surface area contributed by atoms with Gasteiger partial charge in [0.2, 0.25) is 0 Å². The van der Waals surface area contributed by atoms with Crippen molar-refractivity contribution in [2.75, 3.05) is 19.0 Å². The molecule has 1 saturated heterocycles. The molecule has 0 saturated carbocycles. The van der Waals surface area contributed by atoms with Gasteiger partial charge < -0.3 is 4.90 Å². The standard InChI is InChI=1S/C21H18Cl2N2O2S/c1-24(2)15-11-9-14(10-12-15)5-3-8-19-20(26)25(21(27)28-19)13-16-17(22)6-4-7-18(16)23/h3-12H,13H2,1-2H3/b5-3+,19-8-. The van der Waals surface area contributed by atoms with Crippen molar-refractivity contribution in [3.8, 4) is 0 Å². The average molecular weight is 433 g/mol. The van der Waals surface area contributed by atoms with E-state index in [9.17, 15) is 9.59 Å². The number of allylic oxidation sites excluding steroid dienone is 2. The second-order valence-corrected chi connectivity index (χ2v) is 8.14. The van der Waals surface area contributed by atoms with Crippen molar-refractivity contribution in [3.63, 3.8) is 0 Å². The third-order valence-electron chi connectivity index (χ3n) is 4.20. The largest absolute Gasteiger partial charge is 0.378 e. The van der Waals surface area contributed by atoms with Crippen LogP contribution in [0.2, 0.25) is 10.0 Å². The van der Waals surface area contributed by atoms with E-state index in [4.69, 9.17) is 23.2 Å². The summed E-state index contributed by atoms with van der Waals surface area (Å²) < 4.78 is 0. The van der Waals surface area contributed by atoms with Gasteiger partial charge in [0, 0.05) is 35.4 Å². The van der Waals surface area contributed by atoms with Crippen LogP contribution in [0.1, 0.15) is 11.1 Å². The first-order chi connectivity index (χ1) is 13.4. The van der Waals surface area contributed by atoms with Gasteiger partial charge in [-0.25, -0.2) is 0 Å². The molecule has 0 atom stereocenters. The van der Waals surface area contributed by atoms with Gasteiger partial charge in [0.05, 0.1) is 11.4 Å². The first-order valence-corrected chi connectivity index (χ1v) is 10.1. The summed E-state index contributed by atoms with van der Waals surface area (Å²) in [7, 11) is 3.97. The molecule has 2 aromatic rings. The number of benzene rings is 2. The predicted octanol–water partition coefficient (Wildman–Crippen LogP) is 5.85. The number of anilines is 1. The molecule has 0 radical (unpaired) electrons. The number of halogens is 2. The summed E-state index contributed by atoms with van der Waals surface area (Å²) >= 11 is 13.2. The Morgan fingerprint density at radius 3 is 2.29 bits per heavy atom. The van der Waals surface area contributed by atoms with E-state index in [2.05, 4.69) is 0 Å². The summed E-state index contributed by atoms with van der Waals surface area (Å²) in [5, 5.41) is 0.518. The molecule has 0 bridgehead atoms. The van der Waals surface area contributed by atoms with Crippen LogP contribution in [0.3, 0.4) is 0 Å². The van der Waals surface area contributed by atoms with E-state index >= 15 is 0 Å². The van der Waals surface area contributed by atoms with Gasteiger partial charge in [-0.15, -0.1) is 0 Å². The van der Waals surface area contributed by atoms with Crippen LogP contribution in [0.5, 0.6) is 0 Å². The molecule has 7 heteroatoms. The zero-order valence-electron chi connectivity index (χ0n) is 15.4. The van der Waals surface area contributed by atoms with E-state index in [1.54, 1.807) is 30.4 Å². The number of rotatable bonds is 5. The van der Waals surface area contributed by atoms with Crippen LogP contribution in [0.15, 0.2) is 59.5 Å². The number of carbonyl (C=O) groups is 2. The maximum absolute atomic E-state index is 12.6. The summed E-state index contributed by atoms with van der Waals surface area (Å²) in [5.41, 5.74) is 2.67. The molecule has 2 aromatic carbocycles. The Hall–Kier alpha value is -2.21. The smallest absolute Gasteiger partial charge is 0.293 e. The lowest BCUT2D eigenvalue weighted by Gasteiger charge is -2.14. The SMILES string of the molecule is CN(C)c1ccc(/C=C/C=C2\SC(=O)N(Cc3c(Cl)cccc3Cl)C2=O)cc1. The highest BCUT2D eigenvalue weighted by Crippen LogP contribution is 2.34. The summed E-state index contributed by atoms with van der Waals surface area (Å²) in [6.07, 6.45) is 5.31. The molecule has 0 N–H and O–H groups in total. The number of thioether (sulfide) groups is 1. The molecule has 144 valence electrons. The summed E-state index contributed by atoms with van der Waals surface area (Å²) in [4.78, 5) is 28.4. The molecule has 1 heterocycles. The monoisotopic (exact) mass is 432 g/mol. The van der Waals surface area contributed by atoms with E-state index in [1.807, 2.05) is 49.3 Å². The lowest BCUT2D eigenvalue weighted by Crippen LogP contribution is -2.27. The molecule has 2 amide bonds. The van der Waals surface area contributed by atoms with Gasteiger partial charge in [0.25, 0.3) is 11.1 Å². The highest BCUT2D eigenvalue weighted by Gasteiger charge is 2.35. The quantitative estimate of drug-likeness (QED) is 0.555. The molecular formula is C21H18Cl2N2O2S. The Kier molecular flexibility index (Phi) is 6.50. The zero-order valence-corrected chi connectivity index (χ0v) is 17.7. The van der Waals surface area contributed by atoms with Gasteiger partial charge in [0.1, 0.15) is 0 Å². The Morgan fingerprint density at radius 2 is 1.68 bits per heavy atom. The second-order valence-electron chi connectivity index (χ2n) is 6.34. The van der Waals surface area contributed by atoms with Gasteiger partial charge in [-0.1, -0.05) is 53.6 Å². The Morgan fingerprint density at radius 1 is 1.04 bits per heavy atom. The average Bonchev–Trinajstić information content (AvgIpc) is 2.92. The zero-order chi connectivity index (χ0) is 20.3. The topological polar surface area (TPSA) is 40.6 Å². The van der Waals surface area contributed by atoms with Gasteiger partial charge in [0.15, 0.2) is 0 Å². The predicted molar refractivity (Wildman–Crippen MR) is 118 cm³/mol. The second kappa shape index (κ2) is 8.86. The fraction of sp³-hybridized carbons (Fsp3) is 0.143. The molecule has 0 unspecified atom stereocenters. The summed E-state index contributed by atoms with van der Waals surface area (Å²) in [5.74, 6) is -0.349. The van der Waals surface area contributed by atoms with E-state index in [1.165, 1.54) is 0 Å². The number of amides is 2. The van der Waals surface area contributed by atoms with Crippen LogP contribution >= 0.6 is 35.0 Å². The normalized spacial score (nSPS) is 15.9. The lowest BCUT2D eigenvalue weighted by molar-refractivity contribution is -0.123. The summed E-state index contributed by atoms with van der Waals surface area (Å²) in [6.45, 7) is 0.0518. The van der Waals surface area contributed by atoms with Crippen molar-refractivity contribution < 1.29 is 9.59 Å². The lowest BCUT2D eigenvalue weighted by atomic mass is 10.2. The number of imide groups is 1. The van der Waals surface area contributed by atoms with Gasteiger partial charge >= 0.3 is 0 Å². The molecule has 1 aliphatic rings. The minimum Gasteiger partial charge on any atom is -0.378 e. The molecule has 0 aliphatic carbocycles. The van der Waals surface area contributed by atoms with Crippen molar-refractivity contribution in [2.45, 2.75) is 6.54 Å². The molecule has 1 aliphatic heterocycles. The highest BCUT2D eigenvalue weighted by molar-refractivity contribution is 8.18. The van der Waals surface area contributed by atoms with Crippen molar-refractivity contribution in [3.05, 3.63) is 80.7 Å². The van der Waals surface area contributed by atoms with E-state index in [0.29, 0.717) is 20.5 Å². The first-order valence-electron chi connectivity index (χ1n) is 8.49. The molecule has 3 rings (SSSR count). The van der Waals surface area contributed by atoms with Crippen molar-refractivity contribution in [1.82, 2.24) is 4.90 Å². The van der Waals surface area contributed by atoms with Gasteiger partial charge in [-0.2, -0.15) is 0 Å². The molecule has 28 heavy (non-hydrogen) atoms. The first kappa shape index (κ1) is 20.5. The number of carbonyl (C=O) groups excluding carboxylic acids is 2. The van der Waals surface area contributed by atoms with Crippen LogP contribution in [-0.4, -0.2) is 30.1 Å². The van der Waals surface area contributed by atoms with Gasteiger partial charge in [-0.05, 0) is 47.7 Å². The Balaban J connectivity index is 1.72. The summed E-state index contributed by atoms with van der Waals surface area (Å²) in [6, 6.07) is 13.1. The van der Waals surface area contributed by atoms with E-state index in [0.717, 1.165) is 27.9 Å². The molecule has 0 aromatic heterocycles. The van der Waals surface area contributed by atoms with Crippen molar-refractivity contribution in [1.29, 1.82) is 0 Å². The third kappa shape index (κ3) is 4.61. The maximum Gasteiger partial charge on any atom is 0.293 e. The van der Waals surface area contributed by atoms with Crippen molar-refractivity contribution in [2.24, 2.45) is 0 Å². The highest BCUT2D eigenvalue weighted by atomic mass is 35.5. The maximum atomic E-state index is 12.6. The molecule has 4 nitrogen and oxygen atoms in total. The molecule has 1 fully saturated rings. The van der Waals surface area contributed by atoms with Crippen LogP contribution in [-0.2, 0) is 11.3 Å². The van der Waals surface area contributed by atoms with Gasteiger partial charge in [-0.3, -0.25) is 14.5 Å². The van der Waals surface area contributed by atoms with E-state index in [-0.39, 0.29) is 17.7 Å². The fourth-order valence-corrected chi connectivity index (χ4v) is 3.93. The van der Waals surface area contributed by atoms with Crippen LogP contribution in [0, 0.1) is 0 Å². The minimum absolute atomic E-state index is 0.0518.